The van der Waals surface area contributed by atoms with Crippen LogP contribution in [0.15, 0.2) is 24.3 Å². The molecule has 0 radical (unpaired) electrons. The second kappa shape index (κ2) is 15.1. The lowest BCUT2D eigenvalue weighted by atomic mass is 9.98. The molecule has 210 valence electrons. The van der Waals surface area contributed by atoms with Gasteiger partial charge in [0, 0.05) is 12.8 Å². The Morgan fingerprint density at radius 1 is 0.842 bits per heavy atom. The van der Waals surface area contributed by atoms with Crippen molar-refractivity contribution >= 4 is 35.5 Å². The van der Waals surface area contributed by atoms with E-state index in [1.807, 2.05) is 6.92 Å². The van der Waals surface area contributed by atoms with Crippen LogP contribution in [-0.2, 0) is 35.2 Å². The number of carboxylic acids is 1. The quantitative estimate of drug-likeness (QED) is 0.116. The largest absolute Gasteiger partial charge is 0.508 e. The molecule has 0 aromatic heterocycles. The van der Waals surface area contributed by atoms with Crippen molar-refractivity contribution in [3.63, 3.8) is 0 Å². The summed E-state index contributed by atoms with van der Waals surface area (Å²) in [7, 11) is 0. The molecule has 1 aromatic carbocycles. The Balaban J connectivity index is 3.06. The van der Waals surface area contributed by atoms with E-state index >= 15 is 0 Å². The molecule has 0 saturated heterocycles. The van der Waals surface area contributed by atoms with Crippen molar-refractivity contribution < 1.29 is 39.0 Å². The van der Waals surface area contributed by atoms with Gasteiger partial charge in [-0.05, 0) is 30.0 Å². The molecule has 38 heavy (non-hydrogen) atoms. The van der Waals surface area contributed by atoms with E-state index in [4.69, 9.17) is 17.2 Å². The van der Waals surface area contributed by atoms with E-state index in [2.05, 4.69) is 16.0 Å². The van der Waals surface area contributed by atoms with E-state index in [9.17, 15) is 39.0 Å². The van der Waals surface area contributed by atoms with Gasteiger partial charge >= 0.3 is 5.97 Å². The molecule has 0 aliphatic rings. The van der Waals surface area contributed by atoms with Crippen LogP contribution in [0.4, 0.5) is 0 Å². The predicted octanol–water partition coefficient (Wildman–Crippen LogP) is -2.01. The molecular formula is C24H36N6O8. The maximum Gasteiger partial charge on any atom is 0.326 e. The average molecular weight is 537 g/mol. The number of carbonyl (C=O) groups excluding carboxylic acids is 5. The fraction of sp³-hybridized carbons (Fsp3) is 0.500. The molecule has 0 fully saturated rings. The highest BCUT2D eigenvalue weighted by atomic mass is 16.4. The van der Waals surface area contributed by atoms with Crippen LogP contribution < -0.4 is 33.2 Å². The van der Waals surface area contributed by atoms with Crippen molar-refractivity contribution in [1.29, 1.82) is 0 Å². The van der Waals surface area contributed by atoms with Gasteiger partial charge in [0.25, 0.3) is 0 Å². The zero-order chi connectivity index (χ0) is 29.0. The second-order valence-corrected chi connectivity index (χ2v) is 8.98. The Bertz CT molecular complexity index is 1020. The van der Waals surface area contributed by atoms with Crippen LogP contribution in [0.25, 0.3) is 0 Å². The minimum absolute atomic E-state index is 0.0306. The summed E-state index contributed by atoms with van der Waals surface area (Å²) in [6.07, 6.45) is -0.751. The third-order valence-electron chi connectivity index (χ3n) is 5.90. The molecule has 0 spiro atoms. The first kappa shape index (κ1) is 31.8. The first-order chi connectivity index (χ1) is 17.7. The second-order valence-electron chi connectivity index (χ2n) is 8.98. The van der Waals surface area contributed by atoms with E-state index in [1.54, 1.807) is 6.92 Å². The van der Waals surface area contributed by atoms with Crippen molar-refractivity contribution in [2.75, 3.05) is 0 Å². The highest BCUT2D eigenvalue weighted by Gasteiger charge is 2.32. The molecule has 5 atom stereocenters. The van der Waals surface area contributed by atoms with E-state index in [-0.39, 0.29) is 30.9 Å². The maximum atomic E-state index is 13.0. The number of benzene rings is 1. The first-order valence-electron chi connectivity index (χ1n) is 12.0. The molecule has 14 heteroatoms. The summed E-state index contributed by atoms with van der Waals surface area (Å²) in [4.78, 5) is 73.1. The van der Waals surface area contributed by atoms with Gasteiger partial charge in [0.2, 0.25) is 29.5 Å². The van der Waals surface area contributed by atoms with Crippen LogP contribution in [0.5, 0.6) is 5.75 Å². The molecule has 1 rings (SSSR count). The number of phenolic OH excluding ortho intramolecular Hbond substituents is 1. The highest BCUT2D eigenvalue weighted by molar-refractivity contribution is 5.96. The maximum absolute atomic E-state index is 13.0. The smallest absolute Gasteiger partial charge is 0.326 e. The third-order valence-corrected chi connectivity index (χ3v) is 5.90. The molecule has 0 aliphatic heterocycles. The van der Waals surface area contributed by atoms with Crippen molar-refractivity contribution in [3.05, 3.63) is 29.8 Å². The number of rotatable bonds is 16. The number of nitrogens with two attached hydrogens (primary N) is 3. The summed E-state index contributed by atoms with van der Waals surface area (Å²) >= 11 is 0. The minimum Gasteiger partial charge on any atom is -0.508 e. The summed E-state index contributed by atoms with van der Waals surface area (Å²) < 4.78 is 0. The number of hydrogen-bond donors (Lipinski definition) is 8. The number of phenols is 1. The number of amides is 5. The normalized spacial score (nSPS) is 14.7. The van der Waals surface area contributed by atoms with Crippen LogP contribution in [0.2, 0.25) is 0 Å². The van der Waals surface area contributed by atoms with Gasteiger partial charge in [0.1, 0.15) is 23.9 Å². The molecule has 11 N–H and O–H groups in total. The van der Waals surface area contributed by atoms with Crippen molar-refractivity contribution in [2.45, 2.75) is 70.1 Å². The molecule has 0 saturated carbocycles. The zero-order valence-corrected chi connectivity index (χ0v) is 21.3. The number of primary amides is 2. The summed E-state index contributed by atoms with van der Waals surface area (Å²) in [6.45, 7) is 3.57. The van der Waals surface area contributed by atoms with Gasteiger partial charge in [-0.2, -0.15) is 0 Å². The Kier molecular flexibility index (Phi) is 12.7. The fourth-order valence-electron chi connectivity index (χ4n) is 3.36. The Hall–Kier alpha value is -4.20. The topological polar surface area (TPSA) is 257 Å². The average Bonchev–Trinajstić information content (AvgIpc) is 2.85. The SMILES string of the molecule is CCC(C)C(N)C(=O)NC(CCC(N)=O)C(=O)NC(CC(N)=O)C(=O)NC(Cc1ccc(O)cc1)C(=O)O. The molecule has 0 heterocycles. The molecule has 0 bridgehead atoms. The molecule has 0 aliphatic carbocycles. The Labute approximate surface area is 219 Å². The molecule has 1 aromatic rings. The molecule has 5 amide bonds. The first-order valence-corrected chi connectivity index (χ1v) is 12.0. The third kappa shape index (κ3) is 10.8. The number of carboxylic acid groups (broad SMARTS) is 1. The standard InChI is InChI=1S/C24H36N6O8/c1-3-12(2)20(27)23(36)28-15(8-9-18(25)32)21(34)29-16(11-19(26)33)22(35)30-17(24(37)38)10-13-4-6-14(31)7-5-13/h4-7,12,15-17,20,31H,3,8-11,27H2,1-2H3,(H2,25,32)(H2,26,33)(H,28,36)(H,29,34)(H,30,35)(H,37,38). The summed E-state index contributed by atoms with van der Waals surface area (Å²) in [5.41, 5.74) is 16.8. The summed E-state index contributed by atoms with van der Waals surface area (Å²) in [5, 5.41) is 25.9. The highest BCUT2D eigenvalue weighted by Crippen LogP contribution is 2.12. The van der Waals surface area contributed by atoms with E-state index in [1.165, 1.54) is 24.3 Å². The van der Waals surface area contributed by atoms with E-state index in [0.29, 0.717) is 12.0 Å². The predicted molar refractivity (Wildman–Crippen MR) is 135 cm³/mol. The van der Waals surface area contributed by atoms with Crippen LogP contribution in [-0.4, -0.2) is 69.9 Å². The number of aliphatic carboxylic acids is 1. The Morgan fingerprint density at radius 2 is 1.37 bits per heavy atom. The van der Waals surface area contributed by atoms with Gasteiger partial charge in [0.05, 0.1) is 12.5 Å². The van der Waals surface area contributed by atoms with Gasteiger partial charge in [0.15, 0.2) is 0 Å². The van der Waals surface area contributed by atoms with Gasteiger partial charge in [-0.1, -0.05) is 32.4 Å². The Morgan fingerprint density at radius 3 is 1.87 bits per heavy atom. The van der Waals surface area contributed by atoms with Crippen LogP contribution in [0.1, 0.15) is 45.1 Å². The molecule has 14 nitrogen and oxygen atoms in total. The number of hydrogen-bond acceptors (Lipinski definition) is 8. The summed E-state index contributed by atoms with van der Waals surface area (Å²) in [5.74, 6) is -5.95. The number of nitrogens with one attached hydrogen (secondary N) is 3. The van der Waals surface area contributed by atoms with Gasteiger partial charge in [-0.25, -0.2) is 4.79 Å². The lowest BCUT2D eigenvalue weighted by Gasteiger charge is -2.25. The van der Waals surface area contributed by atoms with Gasteiger partial charge in [-0.3, -0.25) is 24.0 Å². The van der Waals surface area contributed by atoms with Crippen molar-refractivity contribution in [2.24, 2.45) is 23.1 Å². The van der Waals surface area contributed by atoms with E-state index in [0.717, 1.165) is 0 Å². The lowest BCUT2D eigenvalue weighted by Crippen LogP contribution is -2.58. The molecular weight excluding hydrogens is 500 g/mol. The van der Waals surface area contributed by atoms with Crippen LogP contribution in [0.3, 0.4) is 0 Å². The zero-order valence-electron chi connectivity index (χ0n) is 21.3. The van der Waals surface area contributed by atoms with Gasteiger partial charge in [-0.15, -0.1) is 0 Å². The number of carbonyl (C=O) groups is 6. The minimum atomic E-state index is -1.59. The van der Waals surface area contributed by atoms with Crippen LogP contribution in [0, 0.1) is 5.92 Å². The number of aromatic hydroxyl groups is 1. The van der Waals surface area contributed by atoms with Crippen molar-refractivity contribution in [1.82, 2.24) is 16.0 Å². The lowest BCUT2D eigenvalue weighted by molar-refractivity contribution is -0.142. The van der Waals surface area contributed by atoms with Gasteiger partial charge < -0.3 is 43.4 Å². The fourth-order valence-corrected chi connectivity index (χ4v) is 3.36. The van der Waals surface area contributed by atoms with Crippen LogP contribution >= 0.6 is 0 Å². The summed E-state index contributed by atoms with van der Waals surface area (Å²) in [6, 6.07) is 0.313. The van der Waals surface area contributed by atoms with E-state index < -0.39 is 66.1 Å². The monoisotopic (exact) mass is 536 g/mol. The molecule has 5 unspecified atom stereocenters. The van der Waals surface area contributed by atoms with Crippen molar-refractivity contribution in [3.8, 4) is 5.75 Å².